The summed E-state index contributed by atoms with van der Waals surface area (Å²) in [6, 6.07) is 4.96. The molecule has 2 N–H and O–H groups in total. The second-order valence-electron chi connectivity index (χ2n) is 9.21. The van der Waals surface area contributed by atoms with E-state index < -0.39 is 17.7 Å². The number of hydrogen-bond donors (Lipinski definition) is 2. The summed E-state index contributed by atoms with van der Waals surface area (Å²) in [6.07, 6.45) is 0.953. The summed E-state index contributed by atoms with van der Waals surface area (Å²) in [7, 11) is 0. The van der Waals surface area contributed by atoms with Gasteiger partial charge < -0.3 is 20.3 Å². The average molecular weight is 434 g/mol. The number of carbonyl (C=O) groups excluding carboxylic acids is 3. The Hall–Kier alpha value is -2.57. The van der Waals surface area contributed by atoms with Crippen LogP contribution >= 0.6 is 0 Å². The van der Waals surface area contributed by atoms with Crippen LogP contribution in [0, 0.1) is 13.8 Å². The van der Waals surface area contributed by atoms with Crippen molar-refractivity contribution in [2.45, 2.75) is 85.9 Å². The standard InChI is InChI=1S/C24H39N3O4/c1-9-10-13-27(20(28)15-25-23(30)31-24(6,7)8)21(22(29)26-16(2)3)19-12-11-17(4)18(5)14-19/h11-12,14,16,21H,9-10,13,15H2,1-8H3,(H,25,30)(H,26,29). The molecule has 0 radical (unpaired) electrons. The SMILES string of the molecule is CCCCN(C(=O)CNC(=O)OC(C)(C)C)C(C(=O)NC(C)C)c1ccc(C)c(C)c1. The van der Waals surface area contributed by atoms with E-state index >= 15 is 0 Å². The highest BCUT2D eigenvalue weighted by molar-refractivity contribution is 5.90. The number of hydrogen-bond acceptors (Lipinski definition) is 4. The Morgan fingerprint density at radius 3 is 2.26 bits per heavy atom. The lowest BCUT2D eigenvalue weighted by Crippen LogP contribution is -2.49. The fourth-order valence-corrected chi connectivity index (χ4v) is 3.06. The monoisotopic (exact) mass is 433 g/mol. The van der Waals surface area contributed by atoms with Crippen LogP contribution in [0.25, 0.3) is 0 Å². The van der Waals surface area contributed by atoms with Gasteiger partial charge in [-0.25, -0.2) is 4.79 Å². The van der Waals surface area contributed by atoms with Gasteiger partial charge >= 0.3 is 6.09 Å². The Bertz CT molecular complexity index is 769. The van der Waals surface area contributed by atoms with Crippen LogP contribution in [0.3, 0.4) is 0 Å². The highest BCUT2D eigenvalue weighted by Gasteiger charge is 2.32. The van der Waals surface area contributed by atoms with Crippen molar-refractivity contribution in [1.82, 2.24) is 15.5 Å². The first-order valence-electron chi connectivity index (χ1n) is 11.0. The molecule has 31 heavy (non-hydrogen) atoms. The molecule has 174 valence electrons. The maximum atomic E-state index is 13.2. The van der Waals surface area contributed by atoms with E-state index in [0.29, 0.717) is 6.54 Å². The van der Waals surface area contributed by atoms with Gasteiger partial charge in [0.2, 0.25) is 11.8 Å². The number of unbranched alkanes of at least 4 members (excludes halogenated alkanes) is 1. The highest BCUT2D eigenvalue weighted by Crippen LogP contribution is 2.25. The molecule has 7 nitrogen and oxygen atoms in total. The van der Waals surface area contributed by atoms with Gasteiger partial charge in [0.1, 0.15) is 18.2 Å². The zero-order chi connectivity index (χ0) is 23.8. The molecule has 1 atom stereocenters. The molecular formula is C24H39N3O4. The predicted octanol–water partition coefficient (Wildman–Crippen LogP) is 4.02. The molecule has 0 aliphatic carbocycles. The lowest BCUT2D eigenvalue weighted by Gasteiger charge is -2.32. The van der Waals surface area contributed by atoms with Crippen LogP contribution in [0.1, 0.15) is 77.1 Å². The van der Waals surface area contributed by atoms with Crippen molar-refractivity contribution in [2.24, 2.45) is 0 Å². The van der Waals surface area contributed by atoms with E-state index in [1.807, 2.05) is 52.8 Å². The maximum Gasteiger partial charge on any atom is 0.408 e. The smallest absolute Gasteiger partial charge is 0.408 e. The van der Waals surface area contributed by atoms with Gasteiger partial charge in [-0.3, -0.25) is 9.59 Å². The summed E-state index contributed by atoms with van der Waals surface area (Å²) in [4.78, 5) is 39.9. The van der Waals surface area contributed by atoms with Crippen molar-refractivity contribution in [3.8, 4) is 0 Å². The van der Waals surface area contributed by atoms with E-state index in [2.05, 4.69) is 10.6 Å². The van der Waals surface area contributed by atoms with Crippen LogP contribution in [-0.4, -0.2) is 47.5 Å². The molecular weight excluding hydrogens is 394 g/mol. The third-order valence-corrected chi connectivity index (χ3v) is 4.69. The third kappa shape index (κ3) is 8.99. The number of alkyl carbamates (subject to hydrolysis) is 1. The van der Waals surface area contributed by atoms with Crippen LogP contribution in [0.2, 0.25) is 0 Å². The molecule has 1 aromatic rings. The number of ether oxygens (including phenoxy) is 1. The molecule has 0 bridgehead atoms. The number of benzene rings is 1. The van der Waals surface area contributed by atoms with E-state index in [4.69, 9.17) is 4.74 Å². The van der Waals surface area contributed by atoms with Gasteiger partial charge in [0.05, 0.1) is 0 Å². The number of amides is 3. The van der Waals surface area contributed by atoms with Crippen LogP contribution < -0.4 is 10.6 Å². The van der Waals surface area contributed by atoms with Crippen molar-refractivity contribution >= 4 is 17.9 Å². The molecule has 0 heterocycles. The van der Waals surface area contributed by atoms with E-state index in [1.165, 1.54) is 0 Å². The van der Waals surface area contributed by atoms with Crippen LogP contribution in [-0.2, 0) is 14.3 Å². The van der Waals surface area contributed by atoms with Crippen LogP contribution in [0.15, 0.2) is 18.2 Å². The minimum Gasteiger partial charge on any atom is -0.444 e. The normalized spacial score (nSPS) is 12.3. The minimum absolute atomic E-state index is 0.0652. The van der Waals surface area contributed by atoms with Crippen molar-refractivity contribution in [3.05, 3.63) is 34.9 Å². The Kier molecular flexibility index (Phi) is 10.0. The summed E-state index contributed by atoms with van der Waals surface area (Å²) in [6.45, 7) is 15.2. The van der Waals surface area contributed by atoms with Gasteiger partial charge in [-0.15, -0.1) is 0 Å². The Morgan fingerprint density at radius 1 is 1.10 bits per heavy atom. The van der Waals surface area contributed by atoms with Crippen molar-refractivity contribution in [3.63, 3.8) is 0 Å². The number of rotatable bonds is 9. The van der Waals surface area contributed by atoms with E-state index in [-0.39, 0.29) is 24.4 Å². The zero-order valence-electron chi connectivity index (χ0n) is 20.3. The lowest BCUT2D eigenvalue weighted by molar-refractivity contribution is -0.140. The molecule has 0 aliphatic heterocycles. The largest absolute Gasteiger partial charge is 0.444 e. The number of carbonyl (C=O) groups is 3. The minimum atomic E-state index is -0.777. The summed E-state index contributed by atoms with van der Waals surface area (Å²) >= 11 is 0. The second kappa shape index (κ2) is 11.7. The van der Waals surface area contributed by atoms with E-state index in [0.717, 1.165) is 29.5 Å². The highest BCUT2D eigenvalue weighted by atomic mass is 16.6. The van der Waals surface area contributed by atoms with Gasteiger partial charge in [0.25, 0.3) is 0 Å². The molecule has 0 aliphatic rings. The Labute approximate surface area is 186 Å². The van der Waals surface area contributed by atoms with Crippen molar-refractivity contribution < 1.29 is 19.1 Å². The molecule has 0 saturated carbocycles. The summed E-state index contributed by atoms with van der Waals surface area (Å²) in [5.41, 5.74) is 2.26. The van der Waals surface area contributed by atoms with Crippen LogP contribution in [0.4, 0.5) is 4.79 Å². The molecule has 0 aromatic heterocycles. The first-order valence-corrected chi connectivity index (χ1v) is 11.0. The average Bonchev–Trinajstić information content (AvgIpc) is 2.63. The van der Waals surface area contributed by atoms with Crippen molar-refractivity contribution in [2.75, 3.05) is 13.1 Å². The fourth-order valence-electron chi connectivity index (χ4n) is 3.06. The van der Waals surface area contributed by atoms with Gasteiger partial charge in [-0.1, -0.05) is 31.5 Å². The number of aryl methyl sites for hydroxylation is 2. The molecule has 1 rings (SSSR count). The molecule has 0 saturated heterocycles. The van der Waals surface area contributed by atoms with E-state index in [9.17, 15) is 14.4 Å². The molecule has 0 fully saturated rings. The van der Waals surface area contributed by atoms with E-state index in [1.54, 1.807) is 25.7 Å². The van der Waals surface area contributed by atoms with Gasteiger partial charge in [-0.2, -0.15) is 0 Å². The zero-order valence-corrected chi connectivity index (χ0v) is 20.3. The Morgan fingerprint density at radius 2 is 1.74 bits per heavy atom. The summed E-state index contributed by atoms with van der Waals surface area (Å²) in [5.74, 6) is -0.568. The molecule has 7 heteroatoms. The first kappa shape index (κ1) is 26.5. The lowest BCUT2D eigenvalue weighted by atomic mass is 9.98. The van der Waals surface area contributed by atoms with Gasteiger partial charge in [0, 0.05) is 12.6 Å². The fraction of sp³-hybridized carbons (Fsp3) is 0.625. The maximum absolute atomic E-state index is 13.2. The quantitative estimate of drug-likeness (QED) is 0.616. The topological polar surface area (TPSA) is 87.7 Å². The predicted molar refractivity (Wildman–Crippen MR) is 123 cm³/mol. The molecule has 1 unspecified atom stereocenters. The summed E-state index contributed by atoms with van der Waals surface area (Å²) < 4.78 is 5.22. The summed E-state index contributed by atoms with van der Waals surface area (Å²) in [5, 5.41) is 5.46. The molecule has 1 aromatic carbocycles. The Balaban J connectivity index is 3.20. The number of nitrogens with zero attached hydrogens (tertiary/aromatic N) is 1. The third-order valence-electron chi connectivity index (χ3n) is 4.69. The second-order valence-corrected chi connectivity index (χ2v) is 9.21. The van der Waals surface area contributed by atoms with Crippen molar-refractivity contribution in [1.29, 1.82) is 0 Å². The molecule has 3 amide bonds. The van der Waals surface area contributed by atoms with Gasteiger partial charge in [-0.05, 0) is 71.6 Å². The number of nitrogens with one attached hydrogen (secondary N) is 2. The molecule has 0 spiro atoms. The van der Waals surface area contributed by atoms with Crippen LogP contribution in [0.5, 0.6) is 0 Å². The first-order chi connectivity index (χ1) is 14.4. The van der Waals surface area contributed by atoms with Gasteiger partial charge in [0.15, 0.2) is 0 Å².